The van der Waals surface area contributed by atoms with Crippen LogP contribution in [0.2, 0.25) is 0 Å². The molecule has 0 saturated carbocycles. The molecule has 2 rings (SSSR count). The molecule has 5 nitrogen and oxygen atoms in total. The van der Waals surface area contributed by atoms with Crippen LogP contribution in [0.15, 0.2) is 23.0 Å². The average molecular weight is 210 g/mol. The lowest BCUT2D eigenvalue weighted by Gasteiger charge is -2.25. The summed E-state index contributed by atoms with van der Waals surface area (Å²) in [5.74, 6) is -0.128. The van der Waals surface area contributed by atoms with Crippen molar-refractivity contribution in [1.82, 2.24) is 10.2 Å². The summed E-state index contributed by atoms with van der Waals surface area (Å²) in [7, 11) is 1.69. The van der Waals surface area contributed by atoms with Gasteiger partial charge in [-0.05, 0) is 6.07 Å². The standard InChI is InChI=1S/C10H14N2O3/c1-12(8-4-11-5-9(8)13)10(14)7-2-3-15-6-7/h2-3,6,8-9,11,13H,4-5H2,1H3/t8-,9-/m0/s1. The number of nitrogens with zero attached hydrogens (tertiary/aromatic N) is 1. The van der Waals surface area contributed by atoms with E-state index in [1.54, 1.807) is 18.0 Å². The van der Waals surface area contributed by atoms with Gasteiger partial charge in [-0.1, -0.05) is 0 Å². The fourth-order valence-corrected chi connectivity index (χ4v) is 1.79. The van der Waals surface area contributed by atoms with Gasteiger partial charge in [0.05, 0.1) is 24.0 Å². The zero-order valence-corrected chi connectivity index (χ0v) is 8.51. The van der Waals surface area contributed by atoms with E-state index in [-0.39, 0.29) is 11.9 Å². The Labute approximate surface area is 87.7 Å². The van der Waals surface area contributed by atoms with Crippen molar-refractivity contribution in [1.29, 1.82) is 0 Å². The fraction of sp³-hybridized carbons (Fsp3) is 0.500. The topological polar surface area (TPSA) is 65.7 Å². The van der Waals surface area contributed by atoms with E-state index >= 15 is 0 Å². The Morgan fingerprint density at radius 2 is 2.47 bits per heavy atom. The molecule has 1 aliphatic heterocycles. The molecule has 1 aromatic heterocycles. The Hall–Kier alpha value is -1.33. The number of rotatable bonds is 2. The van der Waals surface area contributed by atoms with Crippen molar-refractivity contribution >= 4 is 5.91 Å². The van der Waals surface area contributed by atoms with Crippen molar-refractivity contribution in [3.63, 3.8) is 0 Å². The Morgan fingerprint density at radius 3 is 3.00 bits per heavy atom. The molecule has 82 valence electrons. The summed E-state index contributed by atoms with van der Waals surface area (Å²) in [6.45, 7) is 1.16. The van der Waals surface area contributed by atoms with E-state index in [4.69, 9.17) is 4.42 Å². The number of furan rings is 1. The van der Waals surface area contributed by atoms with Crippen molar-refractivity contribution < 1.29 is 14.3 Å². The third-order valence-electron chi connectivity index (χ3n) is 2.74. The van der Waals surface area contributed by atoms with E-state index in [1.165, 1.54) is 12.5 Å². The van der Waals surface area contributed by atoms with E-state index in [9.17, 15) is 9.90 Å². The number of β-amino-alcohol motifs (C(OH)–C–C–N with tert-alkyl or cyclic N) is 1. The van der Waals surface area contributed by atoms with Gasteiger partial charge in [0.15, 0.2) is 0 Å². The van der Waals surface area contributed by atoms with Gasteiger partial charge >= 0.3 is 0 Å². The number of nitrogens with one attached hydrogen (secondary N) is 1. The highest BCUT2D eigenvalue weighted by Crippen LogP contribution is 2.12. The maximum Gasteiger partial charge on any atom is 0.257 e. The van der Waals surface area contributed by atoms with Gasteiger partial charge in [-0.2, -0.15) is 0 Å². The van der Waals surface area contributed by atoms with Gasteiger partial charge in [-0.3, -0.25) is 4.79 Å². The number of carbonyl (C=O) groups is 1. The maximum atomic E-state index is 11.9. The van der Waals surface area contributed by atoms with Crippen LogP contribution in [0, 0.1) is 0 Å². The van der Waals surface area contributed by atoms with Gasteiger partial charge < -0.3 is 19.7 Å². The zero-order chi connectivity index (χ0) is 10.8. The molecule has 1 aromatic rings. The maximum absolute atomic E-state index is 11.9. The molecular formula is C10H14N2O3. The number of hydrogen-bond acceptors (Lipinski definition) is 4. The van der Waals surface area contributed by atoms with Gasteiger partial charge in [-0.25, -0.2) is 0 Å². The van der Waals surface area contributed by atoms with Crippen LogP contribution in [0.4, 0.5) is 0 Å². The highest BCUT2D eigenvalue weighted by atomic mass is 16.3. The first kappa shape index (κ1) is 10.2. The summed E-state index contributed by atoms with van der Waals surface area (Å²) in [6.07, 6.45) is 2.38. The molecular weight excluding hydrogens is 196 g/mol. The van der Waals surface area contributed by atoms with Crippen LogP contribution in [0.5, 0.6) is 0 Å². The minimum Gasteiger partial charge on any atom is -0.472 e. The first-order valence-corrected chi connectivity index (χ1v) is 4.88. The van der Waals surface area contributed by atoms with Crippen LogP contribution >= 0.6 is 0 Å². The number of carbonyl (C=O) groups excluding carboxylic acids is 1. The summed E-state index contributed by atoms with van der Waals surface area (Å²) in [5.41, 5.74) is 0.511. The smallest absolute Gasteiger partial charge is 0.257 e. The molecule has 1 saturated heterocycles. The van der Waals surface area contributed by atoms with Gasteiger partial charge in [0.25, 0.3) is 5.91 Å². The summed E-state index contributed by atoms with van der Waals surface area (Å²) >= 11 is 0. The van der Waals surface area contributed by atoms with Crippen molar-refractivity contribution in [3.8, 4) is 0 Å². The van der Waals surface area contributed by atoms with Gasteiger partial charge in [-0.15, -0.1) is 0 Å². The highest BCUT2D eigenvalue weighted by molar-refractivity contribution is 5.93. The van der Waals surface area contributed by atoms with E-state index in [1.807, 2.05) is 0 Å². The minimum atomic E-state index is -0.495. The second kappa shape index (κ2) is 4.04. The molecule has 5 heteroatoms. The van der Waals surface area contributed by atoms with Crippen molar-refractivity contribution in [2.75, 3.05) is 20.1 Å². The summed E-state index contributed by atoms with van der Waals surface area (Å²) in [6, 6.07) is 1.46. The molecule has 1 amide bonds. The van der Waals surface area contributed by atoms with Crippen molar-refractivity contribution in [2.45, 2.75) is 12.1 Å². The lowest BCUT2D eigenvalue weighted by molar-refractivity contribution is 0.0580. The molecule has 0 unspecified atom stereocenters. The molecule has 0 aliphatic carbocycles. The van der Waals surface area contributed by atoms with Crippen molar-refractivity contribution in [2.24, 2.45) is 0 Å². The third-order valence-corrected chi connectivity index (χ3v) is 2.74. The third kappa shape index (κ3) is 1.88. The monoisotopic (exact) mass is 210 g/mol. The zero-order valence-electron chi connectivity index (χ0n) is 8.51. The number of aliphatic hydroxyl groups excluding tert-OH is 1. The lowest BCUT2D eigenvalue weighted by atomic mass is 10.1. The Bertz CT molecular complexity index is 336. The van der Waals surface area contributed by atoms with E-state index in [0.29, 0.717) is 18.7 Å². The van der Waals surface area contributed by atoms with Gasteiger partial charge in [0.2, 0.25) is 0 Å². The van der Waals surface area contributed by atoms with Crippen LogP contribution < -0.4 is 5.32 Å². The first-order chi connectivity index (χ1) is 7.20. The molecule has 2 heterocycles. The van der Waals surface area contributed by atoms with E-state index in [2.05, 4.69) is 5.32 Å². The van der Waals surface area contributed by atoms with Crippen LogP contribution in [0.3, 0.4) is 0 Å². The van der Waals surface area contributed by atoms with Gasteiger partial charge in [0.1, 0.15) is 6.26 Å². The summed E-state index contributed by atoms with van der Waals surface area (Å²) < 4.78 is 4.85. The number of amides is 1. The van der Waals surface area contributed by atoms with E-state index in [0.717, 1.165) is 0 Å². The number of aliphatic hydroxyl groups is 1. The second-order valence-corrected chi connectivity index (χ2v) is 3.72. The molecule has 0 aromatic carbocycles. The number of likely N-dealkylation sites (N-methyl/N-ethyl adjacent to an activating group) is 1. The Morgan fingerprint density at radius 1 is 1.67 bits per heavy atom. The first-order valence-electron chi connectivity index (χ1n) is 4.88. The molecule has 0 radical (unpaired) electrons. The van der Waals surface area contributed by atoms with Crippen LogP contribution in [-0.4, -0.2) is 48.2 Å². The quantitative estimate of drug-likeness (QED) is 0.702. The molecule has 2 N–H and O–H groups in total. The Balaban J connectivity index is 2.07. The minimum absolute atomic E-state index is 0.128. The normalized spacial score (nSPS) is 25.5. The van der Waals surface area contributed by atoms with Crippen molar-refractivity contribution in [3.05, 3.63) is 24.2 Å². The largest absolute Gasteiger partial charge is 0.472 e. The molecule has 0 spiro atoms. The predicted octanol–water partition coefficient (Wildman–Crippen LogP) is -0.316. The molecule has 1 aliphatic rings. The van der Waals surface area contributed by atoms with Crippen LogP contribution in [0.1, 0.15) is 10.4 Å². The fourth-order valence-electron chi connectivity index (χ4n) is 1.79. The van der Waals surface area contributed by atoms with E-state index < -0.39 is 6.10 Å². The lowest BCUT2D eigenvalue weighted by Crippen LogP contribution is -2.44. The number of hydrogen-bond donors (Lipinski definition) is 2. The predicted molar refractivity (Wildman–Crippen MR) is 53.5 cm³/mol. The molecule has 0 bridgehead atoms. The van der Waals surface area contributed by atoms with Crippen LogP contribution in [0.25, 0.3) is 0 Å². The molecule has 15 heavy (non-hydrogen) atoms. The van der Waals surface area contributed by atoms with Gasteiger partial charge in [0, 0.05) is 20.1 Å². The second-order valence-electron chi connectivity index (χ2n) is 3.72. The summed E-state index contributed by atoms with van der Waals surface area (Å²) in [4.78, 5) is 13.4. The summed E-state index contributed by atoms with van der Waals surface area (Å²) in [5, 5.41) is 12.7. The highest BCUT2D eigenvalue weighted by Gasteiger charge is 2.31. The molecule has 1 fully saturated rings. The van der Waals surface area contributed by atoms with Crippen LogP contribution in [-0.2, 0) is 0 Å². The molecule has 2 atom stereocenters. The average Bonchev–Trinajstić information content (AvgIpc) is 2.85. The Kier molecular flexibility index (Phi) is 2.75. The SMILES string of the molecule is CN(C(=O)c1ccoc1)[C@H]1CNC[C@@H]1O.